The van der Waals surface area contributed by atoms with Gasteiger partial charge in [-0.3, -0.25) is 14.6 Å². The number of hydrogen-bond donors (Lipinski definition) is 3. The van der Waals surface area contributed by atoms with Crippen molar-refractivity contribution in [1.82, 2.24) is 15.6 Å². The van der Waals surface area contributed by atoms with Crippen LogP contribution in [0, 0.1) is 0 Å². The van der Waals surface area contributed by atoms with Crippen LogP contribution in [-0.2, 0) is 4.79 Å². The van der Waals surface area contributed by atoms with Gasteiger partial charge in [0.2, 0.25) is 5.91 Å². The minimum atomic E-state index is -0.584. The standard InChI is InChI=1S/C13H20N4O2/c1-4-6-16-12(18)9(2)17-13(19)11-8-10(14-3)5-7-15-11/h5,7-9H,4,6H2,1-3H3,(H,14,15)(H,16,18)(H,17,19). The third kappa shape index (κ3) is 4.57. The van der Waals surface area contributed by atoms with Gasteiger partial charge in [-0.05, 0) is 25.5 Å². The Morgan fingerprint density at radius 3 is 2.79 bits per heavy atom. The van der Waals surface area contributed by atoms with Gasteiger partial charge < -0.3 is 16.0 Å². The van der Waals surface area contributed by atoms with Crippen LogP contribution < -0.4 is 16.0 Å². The maximum atomic E-state index is 11.9. The summed E-state index contributed by atoms with van der Waals surface area (Å²) in [5.41, 5.74) is 1.07. The zero-order valence-electron chi connectivity index (χ0n) is 11.5. The van der Waals surface area contributed by atoms with Crippen molar-refractivity contribution in [3.05, 3.63) is 24.0 Å². The normalized spacial score (nSPS) is 11.5. The number of amides is 2. The Morgan fingerprint density at radius 2 is 2.16 bits per heavy atom. The van der Waals surface area contributed by atoms with E-state index < -0.39 is 6.04 Å². The van der Waals surface area contributed by atoms with Gasteiger partial charge in [0, 0.05) is 25.5 Å². The molecule has 1 aromatic rings. The van der Waals surface area contributed by atoms with Gasteiger partial charge in [0.25, 0.3) is 5.91 Å². The third-order valence-corrected chi connectivity index (χ3v) is 2.57. The molecule has 6 nitrogen and oxygen atoms in total. The molecule has 0 aromatic carbocycles. The second kappa shape index (κ2) is 7.35. The van der Waals surface area contributed by atoms with Crippen molar-refractivity contribution in [3.8, 4) is 0 Å². The molecule has 0 saturated carbocycles. The van der Waals surface area contributed by atoms with Crippen molar-refractivity contribution in [2.75, 3.05) is 18.9 Å². The number of aromatic nitrogens is 1. The Morgan fingerprint density at radius 1 is 1.42 bits per heavy atom. The van der Waals surface area contributed by atoms with Crippen LogP contribution in [0.4, 0.5) is 5.69 Å². The first-order valence-electron chi connectivity index (χ1n) is 6.30. The Balaban J connectivity index is 2.60. The Bertz CT molecular complexity index is 448. The number of nitrogens with zero attached hydrogens (tertiary/aromatic N) is 1. The van der Waals surface area contributed by atoms with Gasteiger partial charge in [-0.1, -0.05) is 6.92 Å². The summed E-state index contributed by atoms with van der Waals surface area (Å²) in [6.45, 7) is 4.22. The van der Waals surface area contributed by atoms with E-state index >= 15 is 0 Å². The maximum Gasteiger partial charge on any atom is 0.270 e. The molecule has 0 aliphatic heterocycles. The van der Waals surface area contributed by atoms with E-state index in [1.807, 2.05) is 6.92 Å². The summed E-state index contributed by atoms with van der Waals surface area (Å²) in [6, 6.07) is 2.80. The molecule has 1 aromatic heterocycles. The van der Waals surface area contributed by atoms with Crippen LogP contribution in [0.3, 0.4) is 0 Å². The highest BCUT2D eigenvalue weighted by Crippen LogP contribution is 2.06. The molecule has 0 aliphatic rings. The third-order valence-electron chi connectivity index (χ3n) is 2.57. The lowest BCUT2D eigenvalue weighted by atomic mass is 10.2. The van der Waals surface area contributed by atoms with E-state index in [1.54, 1.807) is 32.3 Å². The first kappa shape index (κ1) is 14.9. The first-order valence-corrected chi connectivity index (χ1v) is 6.30. The number of nitrogens with one attached hydrogen (secondary N) is 3. The van der Waals surface area contributed by atoms with Crippen LogP contribution in [0.1, 0.15) is 30.8 Å². The van der Waals surface area contributed by atoms with Gasteiger partial charge in [0.05, 0.1) is 0 Å². The molecule has 0 spiro atoms. The van der Waals surface area contributed by atoms with Crippen LogP contribution in [0.5, 0.6) is 0 Å². The van der Waals surface area contributed by atoms with Crippen molar-refractivity contribution < 1.29 is 9.59 Å². The predicted octanol–water partition coefficient (Wildman–Crippen LogP) is 0.768. The topological polar surface area (TPSA) is 83.1 Å². The molecular weight excluding hydrogens is 244 g/mol. The minimum absolute atomic E-state index is 0.194. The fourth-order valence-corrected chi connectivity index (χ4v) is 1.45. The summed E-state index contributed by atoms with van der Waals surface area (Å²) >= 11 is 0. The monoisotopic (exact) mass is 264 g/mol. The number of hydrogen-bond acceptors (Lipinski definition) is 4. The van der Waals surface area contributed by atoms with Gasteiger partial charge in [-0.2, -0.15) is 0 Å². The fourth-order valence-electron chi connectivity index (χ4n) is 1.45. The SMILES string of the molecule is CCCNC(=O)C(C)NC(=O)c1cc(NC)ccn1. The molecule has 0 bridgehead atoms. The molecule has 2 amide bonds. The van der Waals surface area contributed by atoms with Crippen molar-refractivity contribution >= 4 is 17.5 Å². The van der Waals surface area contributed by atoms with E-state index in [0.29, 0.717) is 6.54 Å². The summed E-state index contributed by atoms with van der Waals surface area (Å²) < 4.78 is 0. The average Bonchev–Trinajstić information content (AvgIpc) is 2.44. The minimum Gasteiger partial charge on any atom is -0.388 e. The largest absolute Gasteiger partial charge is 0.388 e. The van der Waals surface area contributed by atoms with E-state index in [2.05, 4.69) is 20.9 Å². The molecule has 3 N–H and O–H groups in total. The van der Waals surface area contributed by atoms with E-state index in [1.165, 1.54) is 0 Å². The van der Waals surface area contributed by atoms with Gasteiger partial charge in [0.1, 0.15) is 11.7 Å². The molecule has 19 heavy (non-hydrogen) atoms. The van der Waals surface area contributed by atoms with Crippen LogP contribution in [0.2, 0.25) is 0 Å². The zero-order valence-corrected chi connectivity index (χ0v) is 11.5. The summed E-state index contributed by atoms with van der Waals surface area (Å²) in [5, 5.41) is 8.27. The maximum absolute atomic E-state index is 11.9. The predicted molar refractivity (Wildman–Crippen MR) is 74.0 cm³/mol. The Labute approximate surface area is 113 Å². The summed E-state index contributed by atoms with van der Waals surface area (Å²) in [5.74, 6) is -0.559. The molecule has 0 saturated heterocycles. The van der Waals surface area contributed by atoms with Gasteiger partial charge in [-0.15, -0.1) is 0 Å². The Kier molecular flexibility index (Phi) is 5.78. The van der Waals surface area contributed by atoms with Gasteiger partial charge >= 0.3 is 0 Å². The molecule has 104 valence electrons. The molecule has 0 aliphatic carbocycles. The quantitative estimate of drug-likeness (QED) is 0.708. The average molecular weight is 264 g/mol. The van der Waals surface area contributed by atoms with E-state index in [4.69, 9.17) is 0 Å². The highest BCUT2D eigenvalue weighted by molar-refractivity contribution is 5.96. The van der Waals surface area contributed by atoms with Gasteiger partial charge in [-0.25, -0.2) is 0 Å². The molecule has 1 rings (SSSR count). The van der Waals surface area contributed by atoms with E-state index in [9.17, 15) is 9.59 Å². The number of carbonyl (C=O) groups is 2. The Hall–Kier alpha value is -2.11. The molecule has 1 atom stereocenters. The summed E-state index contributed by atoms with van der Waals surface area (Å²) in [6.07, 6.45) is 2.40. The lowest BCUT2D eigenvalue weighted by Gasteiger charge is -2.13. The van der Waals surface area contributed by atoms with Crippen LogP contribution in [-0.4, -0.2) is 36.4 Å². The lowest BCUT2D eigenvalue weighted by molar-refractivity contribution is -0.122. The van der Waals surface area contributed by atoms with E-state index in [0.717, 1.165) is 12.1 Å². The second-order valence-corrected chi connectivity index (χ2v) is 4.17. The van der Waals surface area contributed by atoms with Crippen molar-refractivity contribution in [3.63, 3.8) is 0 Å². The molecule has 1 heterocycles. The molecule has 6 heteroatoms. The highest BCUT2D eigenvalue weighted by Gasteiger charge is 2.16. The van der Waals surface area contributed by atoms with Crippen LogP contribution in [0.15, 0.2) is 18.3 Å². The highest BCUT2D eigenvalue weighted by atomic mass is 16.2. The smallest absolute Gasteiger partial charge is 0.270 e. The van der Waals surface area contributed by atoms with Crippen molar-refractivity contribution in [2.45, 2.75) is 26.3 Å². The molecule has 0 radical (unpaired) electrons. The first-order chi connectivity index (χ1) is 9.08. The number of pyridine rings is 1. The number of anilines is 1. The molecule has 0 fully saturated rings. The van der Waals surface area contributed by atoms with Crippen molar-refractivity contribution in [2.24, 2.45) is 0 Å². The second-order valence-electron chi connectivity index (χ2n) is 4.17. The summed E-state index contributed by atoms with van der Waals surface area (Å²) in [7, 11) is 1.76. The van der Waals surface area contributed by atoms with E-state index in [-0.39, 0.29) is 17.5 Å². The van der Waals surface area contributed by atoms with Crippen LogP contribution in [0.25, 0.3) is 0 Å². The number of rotatable bonds is 6. The zero-order chi connectivity index (χ0) is 14.3. The molecular formula is C13H20N4O2. The number of carbonyl (C=O) groups excluding carboxylic acids is 2. The fraction of sp³-hybridized carbons (Fsp3) is 0.462. The summed E-state index contributed by atoms with van der Waals surface area (Å²) in [4.78, 5) is 27.5. The van der Waals surface area contributed by atoms with Gasteiger partial charge in [0.15, 0.2) is 0 Å². The van der Waals surface area contributed by atoms with Crippen LogP contribution >= 0.6 is 0 Å². The lowest BCUT2D eigenvalue weighted by Crippen LogP contribution is -2.45. The van der Waals surface area contributed by atoms with Crippen molar-refractivity contribution in [1.29, 1.82) is 0 Å². The molecule has 1 unspecified atom stereocenters.